The van der Waals surface area contributed by atoms with Gasteiger partial charge in [-0.25, -0.2) is 4.98 Å². The quantitative estimate of drug-likeness (QED) is 0.682. The molecule has 98 valence electrons. The van der Waals surface area contributed by atoms with Gasteiger partial charge in [0, 0.05) is 16.1 Å². The van der Waals surface area contributed by atoms with Crippen molar-refractivity contribution in [2.75, 3.05) is 11.1 Å². The predicted octanol–water partition coefficient (Wildman–Crippen LogP) is 4.12. The smallest absolute Gasteiger partial charge is 0.234 e. The van der Waals surface area contributed by atoms with Gasteiger partial charge in [0.15, 0.2) is 5.15 Å². The molecule has 0 fully saturated rings. The van der Waals surface area contributed by atoms with E-state index in [1.54, 1.807) is 30.5 Å². The average Bonchev–Trinajstić information content (AvgIpc) is 2.41. The van der Waals surface area contributed by atoms with E-state index in [1.807, 2.05) is 12.1 Å². The Balaban J connectivity index is 1.88. The van der Waals surface area contributed by atoms with Crippen molar-refractivity contribution in [3.8, 4) is 0 Å². The van der Waals surface area contributed by atoms with Gasteiger partial charge in [0.1, 0.15) is 0 Å². The fourth-order valence-corrected chi connectivity index (χ4v) is 2.34. The first-order valence-electron chi connectivity index (χ1n) is 5.44. The molecule has 1 N–H and O–H groups in total. The molecule has 2 rings (SSSR count). The maximum atomic E-state index is 11.8. The molecule has 0 aliphatic heterocycles. The lowest BCUT2D eigenvalue weighted by molar-refractivity contribution is -0.113. The average molecular weight is 313 g/mol. The molecule has 0 saturated heterocycles. The SMILES string of the molecule is O=C(CSc1ccc(Cl)cc1)Nc1cccnc1Cl. The normalized spacial score (nSPS) is 10.2. The summed E-state index contributed by atoms with van der Waals surface area (Å²) in [7, 11) is 0. The molecule has 0 aliphatic carbocycles. The van der Waals surface area contributed by atoms with Crippen LogP contribution in [0.3, 0.4) is 0 Å². The van der Waals surface area contributed by atoms with Gasteiger partial charge in [-0.2, -0.15) is 0 Å². The second kappa shape index (κ2) is 6.80. The highest BCUT2D eigenvalue weighted by molar-refractivity contribution is 8.00. The maximum absolute atomic E-state index is 11.8. The Hall–Kier alpha value is -1.23. The molecular weight excluding hydrogens is 303 g/mol. The highest BCUT2D eigenvalue weighted by Gasteiger charge is 2.06. The lowest BCUT2D eigenvalue weighted by Crippen LogP contribution is -2.14. The van der Waals surface area contributed by atoms with Gasteiger partial charge in [-0.05, 0) is 36.4 Å². The number of nitrogens with one attached hydrogen (secondary N) is 1. The zero-order valence-electron chi connectivity index (χ0n) is 9.77. The van der Waals surface area contributed by atoms with Crippen molar-refractivity contribution in [3.63, 3.8) is 0 Å². The Morgan fingerprint density at radius 1 is 1.21 bits per heavy atom. The van der Waals surface area contributed by atoms with Crippen molar-refractivity contribution in [2.45, 2.75) is 4.90 Å². The first-order chi connectivity index (χ1) is 9.15. The molecule has 0 atom stereocenters. The van der Waals surface area contributed by atoms with Crippen molar-refractivity contribution in [3.05, 3.63) is 52.8 Å². The summed E-state index contributed by atoms with van der Waals surface area (Å²) in [5.41, 5.74) is 0.519. The van der Waals surface area contributed by atoms with Crippen LogP contribution in [0.25, 0.3) is 0 Å². The van der Waals surface area contributed by atoms with E-state index in [4.69, 9.17) is 23.2 Å². The first-order valence-corrected chi connectivity index (χ1v) is 7.18. The van der Waals surface area contributed by atoms with Crippen LogP contribution < -0.4 is 5.32 Å². The highest BCUT2D eigenvalue weighted by Crippen LogP contribution is 2.21. The molecule has 1 aromatic carbocycles. The monoisotopic (exact) mass is 312 g/mol. The fraction of sp³-hybridized carbons (Fsp3) is 0.0769. The molecule has 1 aromatic heterocycles. The van der Waals surface area contributed by atoms with Crippen molar-refractivity contribution in [1.29, 1.82) is 0 Å². The van der Waals surface area contributed by atoms with Crippen LogP contribution in [-0.4, -0.2) is 16.6 Å². The van der Waals surface area contributed by atoms with Gasteiger partial charge in [0.05, 0.1) is 11.4 Å². The molecule has 0 aliphatic rings. The van der Waals surface area contributed by atoms with Gasteiger partial charge in [-0.3, -0.25) is 4.79 Å². The summed E-state index contributed by atoms with van der Waals surface area (Å²) in [5, 5.41) is 3.67. The number of hydrogen-bond donors (Lipinski definition) is 1. The van der Waals surface area contributed by atoms with Crippen LogP contribution in [0.1, 0.15) is 0 Å². The number of halogens is 2. The van der Waals surface area contributed by atoms with E-state index < -0.39 is 0 Å². The number of pyridine rings is 1. The summed E-state index contributed by atoms with van der Waals surface area (Å²) in [6, 6.07) is 10.8. The van der Waals surface area contributed by atoms with E-state index >= 15 is 0 Å². The van der Waals surface area contributed by atoms with Gasteiger partial charge in [0.25, 0.3) is 0 Å². The number of carbonyl (C=O) groups is 1. The Labute approximate surface area is 125 Å². The summed E-state index contributed by atoms with van der Waals surface area (Å²) in [6.07, 6.45) is 1.57. The Bertz CT molecular complexity index is 575. The number of nitrogens with zero attached hydrogens (tertiary/aromatic N) is 1. The number of rotatable bonds is 4. The maximum Gasteiger partial charge on any atom is 0.234 e. The predicted molar refractivity (Wildman–Crippen MR) is 80.1 cm³/mol. The van der Waals surface area contributed by atoms with E-state index in [1.165, 1.54) is 11.8 Å². The standard InChI is InChI=1S/C13H10Cl2N2OS/c14-9-3-5-10(6-4-9)19-8-12(18)17-11-2-1-7-16-13(11)15/h1-7H,8H2,(H,17,18). The molecule has 19 heavy (non-hydrogen) atoms. The van der Waals surface area contributed by atoms with Crippen molar-refractivity contribution < 1.29 is 4.79 Å². The molecule has 1 amide bonds. The number of thioether (sulfide) groups is 1. The summed E-state index contributed by atoms with van der Waals surface area (Å²) < 4.78 is 0. The Morgan fingerprint density at radius 2 is 1.95 bits per heavy atom. The largest absolute Gasteiger partial charge is 0.323 e. The fourth-order valence-electron chi connectivity index (χ4n) is 1.35. The van der Waals surface area contributed by atoms with E-state index in [2.05, 4.69) is 10.3 Å². The number of anilines is 1. The molecule has 1 heterocycles. The second-order valence-electron chi connectivity index (χ2n) is 3.63. The third kappa shape index (κ3) is 4.42. The summed E-state index contributed by atoms with van der Waals surface area (Å²) >= 11 is 13.1. The second-order valence-corrected chi connectivity index (χ2v) is 5.48. The van der Waals surface area contributed by atoms with Crippen LogP contribution in [0.15, 0.2) is 47.5 Å². The number of carbonyl (C=O) groups excluding carboxylic acids is 1. The third-order valence-electron chi connectivity index (χ3n) is 2.22. The molecular formula is C13H10Cl2N2OS. The zero-order chi connectivity index (χ0) is 13.7. The van der Waals surface area contributed by atoms with E-state index in [0.717, 1.165) is 4.90 Å². The molecule has 0 unspecified atom stereocenters. The van der Waals surface area contributed by atoms with Crippen molar-refractivity contribution >= 4 is 46.6 Å². The first kappa shape index (κ1) is 14.2. The minimum absolute atomic E-state index is 0.130. The number of benzene rings is 1. The number of amides is 1. The van der Waals surface area contributed by atoms with Gasteiger partial charge >= 0.3 is 0 Å². The summed E-state index contributed by atoms with van der Waals surface area (Å²) in [6.45, 7) is 0. The van der Waals surface area contributed by atoms with Gasteiger partial charge in [-0.1, -0.05) is 23.2 Å². The van der Waals surface area contributed by atoms with Gasteiger partial charge in [-0.15, -0.1) is 11.8 Å². The van der Waals surface area contributed by atoms with Crippen LogP contribution in [0.5, 0.6) is 0 Å². The summed E-state index contributed by atoms with van der Waals surface area (Å²) in [5.74, 6) is 0.169. The minimum atomic E-state index is -0.130. The molecule has 6 heteroatoms. The van der Waals surface area contributed by atoms with Crippen molar-refractivity contribution in [1.82, 2.24) is 4.98 Å². The Kier molecular flexibility index (Phi) is 5.07. The van der Waals surface area contributed by atoms with Crippen LogP contribution in [0.4, 0.5) is 5.69 Å². The van der Waals surface area contributed by atoms with E-state index in [0.29, 0.717) is 16.5 Å². The minimum Gasteiger partial charge on any atom is -0.323 e. The van der Waals surface area contributed by atoms with Crippen molar-refractivity contribution in [2.24, 2.45) is 0 Å². The lowest BCUT2D eigenvalue weighted by atomic mass is 10.4. The van der Waals surface area contributed by atoms with E-state index in [-0.39, 0.29) is 11.1 Å². The zero-order valence-corrected chi connectivity index (χ0v) is 12.1. The molecule has 0 bridgehead atoms. The van der Waals surface area contributed by atoms with Gasteiger partial charge < -0.3 is 5.32 Å². The summed E-state index contributed by atoms with van der Waals surface area (Å²) in [4.78, 5) is 16.6. The molecule has 0 saturated carbocycles. The lowest BCUT2D eigenvalue weighted by Gasteiger charge is -2.06. The van der Waals surface area contributed by atoms with Gasteiger partial charge in [0.2, 0.25) is 5.91 Å². The number of aromatic nitrogens is 1. The van der Waals surface area contributed by atoms with Crippen LogP contribution in [-0.2, 0) is 4.79 Å². The Morgan fingerprint density at radius 3 is 2.63 bits per heavy atom. The highest BCUT2D eigenvalue weighted by atomic mass is 35.5. The topological polar surface area (TPSA) is 42.0 Å². The number of hydrogen-bond acceptors (Lipinski definition) is 3. The third-order valence-corrected chi connectivity index (χ3v) is 3.78. The van der Waals surface area contributed by atoms with Crippen LogP contribution >= 0.6 is 35.0 Å². The van der Waals surface area contributed by atoms with Crippen LogP contribution in [0, 0.1) is 0 Å². The molecule has 0 spiro atoms. The van der Waals surface area contributed by atoms with E-state index in [9.17, 15) is 4.79 Å². The van der Waals surface area contributed by atoms with Crippen LogP contribution in [0.2, 0.25) is 10.2 Å². The molecule has 2 aromatic rings. The molecule has 3 nitrogen and oxygen atoms in total. The molecule has 0 radical (unpaired) electrons.